The van der Waals surface area contributed by atoms with Crippen LogP contribution >= 0.6 is 11.8 Å². The Kier molecular flexibility index (Phi) is 7.90. The minimum absolute atomic E-state index is 0.138. The second-order valence-corrected chi connectivity index (χ2v) is 5.62. The van der Waals surface area contributed by atoms with Gasteiger partial charge in [-0.1, -0.05) is 13.3 Å². The molecule has 1 aliphatic rings. The van der Waals surface area contributed by atoms with Gasteiger partial charge in [-0.15, -0.1) is 0 Å². The Labute approximate surface area is 119 Å². The number of rotatable bonds is 7. The summed E-state index contributed by atoms with van der Waals surface area (Å²) in [6.45, 7) is 3.74. The fourth-order valence-corrected chi connectivity index (χ4v) is 2.83. The van der Waals surface area contributed by atoms with Crippen LogP contribution in [0.25, 0.3) is 0 Å². The van der Waals surface area contributed by atoms with E-state index < -0.39 is 0 Å². The van der Waals surface area contributed by atoms with Gasteiger partial charge in [0.25, 0.3) is 0 Å². The van der Waals surface area contributed by atoms with Crippen molar-refractivity contribution in [1.82, 2.24) is 4.90 Å². The Morgan fingerprint density at radius 2 is 2.26 bits per heavy atom. The van der Waals surface area contributed by atoms with Gasteiger partial charge in [0.2, 0.25) is 5.91 Å². The van der Waals surface area contributed by atoms with Gasteiger partial charge in [0.15, 0.2) is 0 Å². The molecule has 1 atom stereocenters. The molecule has 0 aromatic rings. The maximum atomic E-state index is 12.0. The maximum Gasteiger partial charge on any atom is 0.308 e. The SMILES string of the molecule is CCCCSCC(=O)N1CCOC(CC(=O)OC)C1. The van der Waals surface area contributed by atoms with Crippen LogP contribution in [0.2, 0.25) is 0 Å². The zero-order valence-electron chi connectivity index (χ0n) is 11.7. The topological polar surface area (TPSA) is 55.8 Å². The molecule has 1 amide bonds. The van der Waals surface area contributed by atoms with Gasteiger partial charge < -0.3 is 14.4 Å². The monoisotopic (exact) mass is 289 g/mol. The molecule has 0 bridgehead atoms. The van der Waals surface area contributed by atoms with Gasteiger partial charge in [0.05, 0.1) is 32.0 Å². The Hall–Kier alpha value is -0.750. The van der Waals surface area contributed by atoms with E-state index in [1.807, 2.05) is 0 Å². The molecule has 110 valence electrons. The first-order valence-corrected chi connectivity index (χ1v) is 7.86. The number of morpholine rings is 1. The highest BCUT2D eigenvalue weighted by Gasteiger charge is 2.25. The zero-order chi connectivity index (χ0) is 14.1. The van der Waals surface area contributed by atoms with E-state index in [4.69, 9.17) is 4.74 Å². The van der Waals surface area contributed by atoms with Crippen molar-refractivity contribution in [2.24, 2.45) is 0 Å². The lowest BCUT2D eigenvalue weighted by atomic mass is 10.2. The second-order valence-electron chi connectivity index (χ2n) is 4.52. The van der Waals surface area contributed by atoms with Gasteiger partial charge in [0.1, 0.15) is 0 Å². The lowest BCUT2D eigenvalue weighted by Crippen LogP contribution is -2.47. The molecule has 1 aliphatic heterocycles. The van der Waals surface area contributed by atoms with Crippen LogP contribution in [0.4, 0.5) is 0 Å². The average Bonchev–Trinajstić information content (AvgIpc) is 2.43. The third kappa shape index (κ3) is 6.29. The van der Waals surface area contributed by atoms with Crippen molar-refractivity contribution in [3.63, 3.8) is 0 Å². The van der Waals surface area contributed by atoms with Gasteiger partial charge in [0, 0.05) is 13.1 Å². The minimum Gasteiger partial charge on any atom is -0.469 e. The van der Waals surface area contributed by atoms with Crippen molar-refractivity contribution >= 4 is 23.6 Å². The third-order valence-electron chi connectivity index (χ3n) is 2.98. The molecule has 19 heavy (non-hydrogen) atoms. The van der Waals surface area contributed by atoms with E-state index in [9.17, 15) is 9.59 Å². The van der Waals surface area contributed by atoms with Crippen LogP contribution in [0.5, 0.6) is 0 Å². The summed E-state index contributed by atoms with van der Waals surface area (Å²) in [5.41, 5.74) is 0. The van der Waals surface area contributed by atoms with Crippen LogP contribution in [-0.4, -0.2) is 61.2 Å². The normalized spacial score (nSPS) is 19.3. The van der Waals surface area contributed by atoms with Gasteiger partial charge >= 0.3 is 5.97 Å². The summed E-state index contributed by atoms with van der Waals surface area (Å²) in [5.74, 6) is 1.39. The van der Waals surface area contributed by atoms with Gasteiger partial charge in [-0.2, -0.15) is 11.8 Å². The second kappa shape index (κ2) is 9.20. The highest BCUT2D eigenvalue weighted by atomic mass is 32.2. The molecule has 6 heteroatoms. The van der Waals surface area contributed by atoms with Gasteiger partial charge in [-0.05, 0) is 12.2 Å². The summed E-state index contributed by atoms with van der Waals surface area (Å²) in [6.07, 6.45) is 2.28. The molecule has 1 unspecified atom stereocenters. The van der Waals surface area contributed by atoms with E-state index in [1.54, 1.807) is 16.7 Å². The predicted molar refractivity (Wildman–Crippen MR) is 75.2 cm³/mol. The first kappa shape index (κ1) is 16.3. The molecule has 0 aromatic carbocycles. The number of amides is 1. The van der Waals surface area contributed by atoms with Crippen molar-refractivity contribution in [2.45, 2.75) is 32.3 Å². The Bertz CT molecular complexity index is 298. The first-order valence-electron chi connectivity index (χ1n) is 6.71. The molecule has 0 N–H and O–H groups in total. The van der Waals surface area contributed by atoms with E-state index in [2.05, 4.69) is 11.7 Å². The first-order chi connectivity index (χ1) is 9.17. The maximum absolute atomic E-state index is 12.0. The van der Waals surface area contributed by atoms with Gasteiger partial charge in [-0.3, -0.25) is 9.59 Å². The Morgan fingerprint density at radius 1 is 1.47 bits per heavy atom. The molecule has 1 heterocycles. The molecule has 1 saturated heterocycles. The molecule has 0 aromatic heterocycles. The van der Waals surface area contributed by atoms with E-state index in [1.165, 1.54) is 7.11 Å². The van der Waals surface area contributed by atoms with Crippen LogP contribution in [0.1, 0.15) is 26.2 Å². The predicted octanol–water partition coefficient (Wildman–Crippen LogP) is 1.31. The standard InChI is InChI=1S/C13H23NO4S/c1-3-4-7-19-10-12(15)14-5-6-18-11(9-14)8-13(16)17-2/h11H,3-10H2,1-2H3. The molecular formula is C13H23NO4S. The lowest BCUT2D eigenvalue weighted by molar-refractivity contribution is -0.149. The van der Waals surface area contributed by atoms with E-state index in [0.29, 0.717) is 25.4 Å². The van der Waals surface area contributed by atoms with Crippen molar-refractivity contribution in [3.8, 4) is 0 Å². The third-order valence-corrected chi connectivity index (χ3v) is 4.01. The van der Waals surface area contributed by atoms with Gasteiger partial charge in [-0.25, -0.2) is 0 Å². The van der Waals surface area contributed by atoms with E-state index in [0.717, 1.165) is 18.6 Å². The summed E-state index contributed by atoms with van der Waals surface area (Å²) < 4.78 is 10.1. The number of ether oxygens (including phenoxy) is 2. The van der Waals surface area contributed by atoms with Crippen molar-refractivity contribution in [2.75, 3.05) is 38.3 Å². The number of methoxy groups -OCH3 is 1. The minimum atomic E-state index is -0.295. The molecule has 5 nitrogen and oxygen atoms in total. The molecule has 1 rings (SSSR count). The molecule has 1 fully saturated rings. The van der Waals surface area contributed by atoms with E-state index >= 15 is 0 Å². The quantitative estimate of drug-likeness (QED) is 0.522. The summed E-state index contributed by atoms with van der Waals surface area (Å²) in [5, 5.41) is 0. The lowest BCUT2D eigenvalue weighted by Gasteiger charge is -2.32. The number of nitrogens with zero attached hydrogens (tertiary/aromatic N) is 1. The Balaban J connectivity index is 2.28. The van der Waals surface area contributed by atoms with Crippen LogP contribution in [0.15, 0.2) is 0 Å². The number of unbranched alkanes of at least 4 members (excludes halogenated alkanes) is 1. The summed E-state index contributed by atoms with van der Waals surface area (Å²) >= 11 is 1.68. The number of carbonyl (C=O) groups excluding carboxylic acids is 2. The molecule has 0 spiro atoms. The molecule has 0 aliphatic carbocycles. The number of thioether (sulfide) groups is 1. The number of esters is 1. The summed E-state index contributed by atoms with van der Waals surface area (Å²) in [6, 6.07) is 0. The van der Waals surface area contributed by atoms with Crippen molar-refractivity contribution in [1.29, 1.82) is 0 Å². The molecule has 0 radical (unpaired) electrons. The van der Waals surface area contributed by atoms with Crippen molar-refractivity contribution < 1.29 is 19.1 Å². The van der Waals surface area contributed by atoms with Crippen LogP contribution in [-0.2, 0) is 19.1 Å². The smallest absolute Gasteiger partial charge is 0.308 e. The number of hydrogen-bond donors (Lipinski definition) is 0. The molecular weight excluding hydrogens is 266 g/mol. The van der Waals surface area contributed by atoms with Crippen molar-refractivity contribution in [3.05, 3.63) is 0 Å². The highest BCUT2D eigenvalue weighted by Crippen LogP contribution is 2.12. The largest absolute Gasteiger partial charge is 0.469 e. The molecule has 0 saturated carbocycles. The fraction of sp³-hybridized carbons (Fsp3) is 0.846. The zero-order valence-corrected chi connectivity index (χ0v) is 12.5. The highest BCUT2D eigenvalue weighted by molar-refractivity contribution is 7.99. The summed E-state index contributed by atoms with van der Waals surface area (Å²) in [7, 11) is 1.36. The Morgan fingerprint density at radius 3 is 2.95 bits per heavy atom. The van der Waals surface area contributed by atoms with Crippen LogP contribution in [0.3, 0.4) is 0 Å². The number of hydrogen-bond acceptors (Lipinski definition) is 5. The number of carbonyl (C=O) groups is 2. The average molecular weight is 289 g/mol. The summed E-state index contributed by atoms with van der Waals surface area (Å²) in [4.78, 5) is 25.0. The van der Waals surface area contributed by atoms with E-state index in [-0.39, 0.29) is 24.4 Å². The van der Waals surface area contributed by atoms with Crippen LogP contribution < -0.4 is 0 Å². The van der Waals surface area contributed by atoms with Crippen LogP contribution in [0, 0.1) is 0 Å². The fourth-order valence-electron chi connectivity index (χ4n) is 1.84.